The number of likely N-dealkylation sites (N-methyl/N-ethyl adjacent to an activating group) is 1. The van der Waals surface area contributed by atoms with E-state index in [2.05, 4.69) is 6.08 Å². The van der Waals surface area contributed by atoms with Crippen LogP contribution in [0.3, 0.4) is 0 Å². The number of benzene rings is 1. The number of halogens is 1. The molecule has 1 aliphatic rings. The maximum Gasteiger partial charge on any atom is 0.256 e. The normalized spacial score (nSPS) is 14.8. The van der Waals surface area contributed by atoms with E-state index >= 15 is 0 Å². The van der Waals surface area contributed by atoms with E-state index in [4.69, 9.17) is 11.6 Å². The molecule has 0 saturated carbocycles. The summed E-state index contributed by atoms with van der Waals surface area (Å²) in [6, 6.07) is 9.60. The fraction of sp³-hybridized carbons (Fsp3) is 0.188. The largest absolute Gasteiger partial charge is 0.350 e. The lowest BCUT2D eigenvalue weighted by molar-refractivity contribution is 0.0811. The summed E-state index contributed by atoms with van der Waals surface area (Å²) >= 11 is 5.95. The van der Waals surface area contributed by atoms with Crippen molar-refractivity contribution in [3.8, 4) is 0 Å². The Labute approximate surface area is 123 Å². The highest BCUT2D eigenvalue weighted by molar-refractivity contribution is 6.30. The molecule has 3 nitrogen and oxygen atoms in total. The molecule has 0 bridgehead atoms. The van der Waals surface area contributed by atoms with Crippen LogP contribution in [0.2, 0.25) is 5.02 Å². The number of hydrogen-bond donors (Lipinski definition) is 0. The molecule has 4 heteroatoms. The molecule has 2 aromatic rings. The molecule has 1 aliphatic heterocycles. The van der Waals surface area contributed by atoms with E-state index in [-0.39, 0.29) is 5.91 Å². The Hall–Kier alpha value is -2.00. The number of aryl methyl sites for hydroxylation is 1. The number of nitrogens with zero attached hydrogens (tertiary/aromatic N) is 2. The number of amides is 1. The predicted octanol–water partition coefficient (Wildman–Crippen LogP) is 3.20. The summed E-state index contributed by atoms with van der Waals surface area (Å²) in [5.74, 6) is 0.0563. The van der Waals surface area contributed by atoms with Crippen molar-refractivity contribution >= 4 is 23.1 Å². The molecule has 0 fully saturated rings. The number of fused-ring (bicyclic) bond motifs is 1. The SMILES string of the molecule is CN1CC=C(c2ccc(Cl)cc2)c2c(ccn2C)C1=O. The lowest BCUT2D eigenvalue weighted by Gasteiger charge is -2.12. The Bertz CT molecular complexity index is 698. The average Bonchev–Trinajstić information content (AvgIpc) is 2.76. The van der Waals surface area contributed by atoms with Crippen molar-refractivity contribution in [1.82, 2.24) is 9.47 Å². The lowest BCUT2D eigenvalue weighted by Crippen LogP contribution is -2.25. The van der Waals surface area contributed by atoms with E-state index in [0.29, 0.717) is 11.6 Å². The first-order valence-electron chi connectivity index (χ1n) is 6.45. The first-order valence-corrected chi connectivity index (χ1v) is 6.83. The molecular formula is C16H15ClN2O. The van der Waals surface area contributed by atoms with Gasteiger partial charge in [0.1, 0.15) is 0 Å². The van der Waals surface area contributed by atoms with Crippen molar-refractivity contribution < 1.29 is 4.79 Å². The first-order chi connectivity index (χ1) is 9.58. The second kappa shape index (κ2) is 4.84. The van der Waals surface area contributed by atoms with Crippen LogP contribution in [0.25, 0.3) is 5.57 Å². The topological polar surface area (TPSA) is 25.2 Å². The van der Waals surface area contributed by atoms with E-state index < -0.39 is 0 Å². The van der Waals surface area contributed by atoms with Crippen LogP contribution >= 0.6 is 11.6 Å². The molecule has 0 radical (unpaired) electrons. The van der Waals surface area contributed by atoms with Gasteiger partial charge < -0.3 is 9.47 Å². The van der Waals surface area contributed by atoms with Crippen molar-refractivity contribution in [2.24, 2.45) is 7.05 Å². The van der Waals surface area contributed by atoms with Gasteiger partial charge in [-0.15, -0.1) is 0 Å². The van der Waals surface area contributed by atoms with Crippen LogP contribution in [0.15, 0.2) is 42.6 Å². The molecule has 20 heavy (non-hydrogen) atoms. The van der Waals surface area contributed by atoms with Crippen molar-refractivity contribution in [3.05, 3.63) is 64.4 Å². The molecule has 0 atom stereocenters. The van der Waals surface area contributed by atoms with Crippen molar-refractivity contribution in [3.63, 3.8) is 0 Å². The van der Waals surface area contributed by atoms with E-state index in [0.717, 1.165) is 22.4 Å². The second-order valence-electron chi connectivity index (χ2n) is 5.00. The number of aromatic nitrogens is 1. The molecule has 1 aromatic carbocycles. The van der Waals surface area contributed by atoms with Crippen LogP contribution in [-0.2, 0) is 7.05 Å². The molecule has 3 rings (SSSR count). The Kier molecular flexibility index (Phi) is 3.14. The molecule has 0 saturated heterocycles. The van der Waals surface area contributed by atoms with Crippen molar-refractivity contribution in [2.75, 3.05) is 13.6 Å². The average molecular weight is 287 g/mol. The van der Waals surface area contributed by atoms with E-state index in [9.17, 15) is 4.79 Å². The molecule has 0 aliphatic carbocycles. The van der Waals surface area contributed by atoms with Gasteiger partial charge in [-0.2, -0.15) is 0 Å². The molecule has 0 N–H and O–H groups in total. The molecule has 1 amide bonds. The predicted molar refractivity (Wildman–Crippen MR) is 80.9 cm³/mol. The van der Waals surface area contributed by atoms with Gasteiger partial charge in [0.05, 0.1) is 11.3 Å². The lowest BCUT2D eigenvalue weighted by atomic mass is 10.00. The van der Waals surface area contributed by atoms with Crippen LogP contribution in [0.5, 0.6) is 0 Å². The number of hydrogen-bond acceptors (Lipinski definition) is 1. The third-order valence-electron chi connectivity index (χ3n) is 3.63. The van der Waals surface area contributed by atoms with Gasteiger partial charge in [0.2, 0.25) is 0 Å². The van der Waals surface area contributed by atoms with E-state index in [1.807, 2.05) is 55.2 Å². The third-order valence-corrected chi connectivity index (χ3v) is 3.88. The number of rotatable bonds is 1. The molecule has 102 valence electrons. The van der Waals surface area contributed by atoms with Gasteiger partial charge in [-0.3, -0.25) is 4.79 Å². The van der Waals surface area contributed by atoms with Gasteiger partial charge in [-0.25, -0.2) is 0 Å². The maximum absolute atomic E-state index is 12.3. The summed E-state index contributed by atoms with van der Waals surface area (Å²) in [5.41, 5.74) is 3.85. The summed E-state index contributed by atoms with van der Waals surface area (Å²) in [4.78, 5) is 14.1. The van der Waals surface area contributed by atoms with Crippen LogP contribution < -0.4 is 0 Å². The molecule has 2 heterocycles. The van der Waals surface area contributed by atoms with E-state index in [1.165, 1.54) is 0 Å². The fourth-order valence-electron chi connectivity index (χ4n) is 2.53. The summed E-state index contributed by atoms with van der Waals surface area (Å²) in [6.07, 6.45) is 4.01. The van der Waals surface area contributed by atoms with Gasteiger partial charge in [0, 0.05) is 37.4 Å². The third kappa shape index (κ3) is 2.04. The minimum Gasteiger partial charge on any atom is -0.350 e. The molecule has 0 unspecified atom stereocenters. The summed E-state index contributed by atoms with van der Waals surface area (Å²) in [6.45, 7) is 0.603. The Balaban J connectivity index is 2.19. The minimum atomic E-state index is 0.0563. The van der Waals surface area contributed by atoms with Crippen LogP contribution in [0, 0.1) is 0 Å². The van der Waals surface area contributed by atoms with Crippen LogP contribution in [0.1, 0.15) is 21.6 Å². The molecular weight excluding hydrogens is 272 g/mol. The fourth-order valence-corrected chi connectivity index (χ4v) is 2.66. The Morgan fingerprint density at radius 3 is 2.50 bits per heavy atom. The Morgan fingerprint density at radius 1 is 1.10 bits per heavy atom. The van der Waals surface area contributed by atoms with Gasteiger partial charge in [0.15, 0.2) is 0 Å². The van der Waals surface area contributed by atoms with Crippen molar-refractivity contribution in [1.29, 1.82) is 0 Å². The zero-order valence-electron chi connectivity index (χ0n) is 11.4. The van der Waals surface area contributed by atoms with Gasteiger partial charge >= 0.3 is 0 Å². The van der Waals surface area contributed by atoms with Crippen molar-refractivity contribution in [2.45, 2.75) is 0 Å². The summed E-state index contributed by atoms with van der Waals surface area (Å²) < 4.78 is 1.99. The molecule has 1 aromatic heterocycles. The van der Waals surface area contributed by atoms with Crippen LogP contribution in [-0.4, -0.2) is 29.0 Å². The number of carbonyl (C=O) groups is 1. The van der Waals surface area contributed by atoms with Crippen LogP contribution in [0.4, 0.5) is 0 Å². The minimum absolute atomic E-state index is 0.0563. The monoisotopic (exact) mass is 286 g/mol. The Morgan fingerprint density at radius 2 is 1.80 bits per heavy atom. The highest BCUT2D eigenvalue weighted by atomic mass is 35.5. The molecule has 0 spiro atoms. The quantitative estimate of drug-likeness (QED) is 0.790. The first kappa shape index (κ1) is 13.0. The van der Waals surface area contributed by atoms with E-state index in [1.54, 1.807) is 4.90 Å². The second-order valence-corrected chi connectivity index (χ2v) is 5.44. The standard InChI is InChI=1S/C16H15ClN2O/c1-18-9-8-14-15(18)13(7-10-19(2)16(14)20)11-3-5-12(17)6-4-11/h3-9H,10H2,1-2H3. The smallest absolute Gasteiger partial charge is 0.256 e. The maximum atomic E-state index is 12.3. The number of carbonyl (C=O) groups excluding carboxylic acids is 1. The summed E-state index contributed by atoms with van der Waals surface area (Å²) in [5, 5.41) is 0.711. The zero-order chi connectivity index (χ0) is 14.3. The van der Waals surface area contributed by atoms with Gasteiger partial charge in [-0.05, 0) is 23.8 Å². The zero-order valence-corrected chi connectivity index (χ0v) is 12.2. The summed E-state index contributed by atoms with van der Waals surface area (Å²) in [7, 11) is 3.78. The van der Waals surface area contributed by atoms with Gasteiger partial charge in [0.25, 0.3) is 5.91 Å². The van der Waals surface area contributed by atoms with Gasteiger partial charge in [-0.1, -0.05) is 29.8 Å². The highest BCUT2D eigenvalue weighted by Crippen LogP contribution is 2.30. The highest BCUT2D eigenvalue weighted by Gasteiger charge is 2.24.